The van der Waals surface area contributed by atoms with Crippen LogP contribution in [0.2, 0.25) is 0 Å². The van der Waals surface area contributed by atoms with E-state index >= 15 is 0 Å². The summed E-state index contributed by atoms with van der Waals surface area (Å²) in [4.78, 5) is 22.9. The lowest BCUT2D eigenvalue weighted by Gasteiger charge is -2.06. The van der Waals surface area contributed by atoms with Gasteiger partial charge in [-0.25, -0.2) is 0 Å². The number of ketones is 1. The smallest absolute Gasteiger partial charge is 0.270 e. The molecule has 0 aliphatic carbocycles. The summed E-state index contributed by atoms with van der Waals surface area (Å²) in [6.07, 6.45) is 1.51. The maximum atomic E-state index is 12.5. The first-order valence-corrected chi connectivity index (χ1v) is 7.45. The van der Waals surface area contributed by atoms with Gasteiger partial charge in [0.15, 0.2) is 5.76 Å². The predicted octanol–water partition coefficient (Wildman–Crippen LogP) is 3.92. The molecule has 1 aliphatic rings. The van der Waals surface area contributed by atoms with Crippen LogP contribution in [0, 0.1) is 17.0 Å². The molecular weight excluding hydrogens is 310 g/mol. The fourth-order valence-electron chi connectivity index (χ4n) is 2.61. The molecule has 0 bridgehead atoms. The molecule has 1 aliphatic heterocycles. The summed E-state index contributed by atoms with van der Waals surface area (Å²) in [5, 5.41) is 10.8. The van der Waals surface area contributed by atoms with Gasteiger partial charge in [0.2, 0.25) is 5.78 Å². The average molecular weight is 325 g/mol. The van der Waals surface area contributed by atoms with E-state index in [0.717, 1.165) is 5.56 Å². The lowest BCUT2D eigenvalue weighted by atomic mass is 10.0. The van der Waals surface area contributed by atoms with Crippen molar-refractivity contribution in [2.24, 2.45) is 0 Å². The zero-order valence-electron chi connectivity index (χ0n) is 13.2. The van der Waals surface area contributed by atoms with Gasteiger partial charge in [-0.3, -0.25) is 14.9 Å². The monoisotopic (exact) mass is 325 g/mol. The molecule has 0 saturated heterocycles. The molecule has 6 nitrogen and oxygen atoms in total. The molecule has 122 valence electrons. The summed E-state index contributed by atoms with van der Waals surface area (Å²) >= 11 is 0. The Balaban J connectivity index is 1.97. The number of Topliss-reactive ketones (excluding diaryl/α,β-unsaturated/α-hetero) is 1. The van der Waals surface area contributed by atoms with Crippen molar-refractivity contribution in [2.45, 2.75) is 13.8 Å². The Bertz CT molecular complexity index is 870. The molecule has 0 aromatic heterocycles. The summed E-state index contributed by atoms with van der Waals surface area (Å²) in [5.74, 6) is 0.984. The van der Waals surface area contributed by atoms with E-state index in [0.29, 0.717) is 29.2 Å². The molecule has 6 heteroatoms. The summed E-state index contributed by atoms with van der Waals surface area (Å²) in [5.41, 5.74) is 1.75. The van der Waals surface area contributed by atoms with Crippen LogP contribution >= 0.6 is 0 Å². The second-order valence-electron chi connectivity index (χ2n) is 5.34. The topological polar surface area (TPSA) is 78.7 Å². The maximum absolute atomic E-state index is 12.5. The van der Waals surface area contributed by atoms with E-state index in [2.05, 4.69) is 0 Å². The SMILES string of the molecule is CCOc1cc(C)c2c(c1)O/C(=C\c1cccc([N+](=O)[O-])c1)C2=O. The standard InChI is InChI=1S/C18H15NO5/c1-3-23-14-7-11(2)17-15(10-14)24-16(18(17)20)9-12-5-4-6-13(8-12)19(21)22/h4-10H,3H2,1-2H3/b16-9-. The molecule has 24 heavy (non-hydrogen) atoms. The van der Waals surface area contributed by atoms with Crippen LogP contribution in [0.5, 0.6) is 11.5 Å². The van der Waals surface area contributed by atoms with E-state index < -0.39 is 4.92 Å². The highest BCUT2D eigenvalue weighted by Crippen LogP contribution is 2.37. The van der Waals surface area contributed by atoms with Gasteiger partial charge in [0.05, 0.1) is 17.1 Å². The van der Waals surface area contributed by atoms with Gasteiger partial charge in [-0.1, -0.05) is 12.1 Å². The van der Waals surface area contributed by atoms with Gasteiger partial charge >= 0.3 is 0 Å². The highest BCUT2D eigenvalue weighted by molar-refractivity contribution is 6.15. The minimum Gasteiger partial charge on any atom is -0.494 e. The number of nitro groups is 1. The third-order valence-corrected chi connectivity index (χ3v) is 3.63. The van der Waals surface area contributed by atoms with Crippen molar-refractivity contribution in [3.05, 3.63) is 69.0 Å². The van der Waals surface area contributed by atoms with E-state index in [1.54, 1.807) is 24.3 Å². The van der Waals surface area contributed by atoms with Gasteiger partial charge in [0.1, 0.15) is 11.5 Å². The number of allylic oxidation sites excluding steroid dienone is 1. The fourth-order valence-corrected chi connectivity index (χ4v) is 2.61. The van der Waals surface area contributed by atoms with Gasteiger partial charge < -0.3 is 9.47 Å². The van der Waals surface area contributed by atoms with E-state index in [1.807, 2.05) is 13.8 Å². The van der Waals surface area contributed by atoms with Crippen LogP contribution in [0.25, 0.3) is 6.08 Å². The maximum Gasteiger partial charge on any atom is 0.270 e. The Hall–Kier alpha value is -3.15. The highest BCUT2D eigenvalue weighted by atomic mass is 16.6. The zero-order valence-corrected chi connectivity index (χ0v) is 13.2. The van der Waals surface area contributed by atoms with Gasteiger partial charge in [0.25, 0.3) is 5.69 Å². The Morgan fingerprint density at radius 3 is 2.79 bits per heavy atom. The number of rotatable bonds is 4. The number of non-ortho nitro benzene ring substituents is 1. The van der Waals surface area contributed by atoms with Crippen molar-refractivity contribution in [3.63, 3.8) is 0 Å². The molecule has 0 atom stereocenters. The number of carbonyl (C=O) groups excluding carboxylic acids is 1. The molecule has 0 N–H and O–H groups in total. The second-order valence-corrected chi connectivity index (χ2v) is 5.34. The van der Waals surface area contributed by atoms with Crippen LogP contribution < -0.4 is 9.47 Å². The summed E-state index contributed by atoms with van der Waals surface area (Å²) in [7, 11) is 0. The van der Waals surface area contributed by atoms with E-state index in [9.17, 15) is 14.9 Å². The summed E-state index contributed by atoms with van der Waals surface area (Å²) in [6, 6.07) is 9.50. The van der Waals surface area contributed by atoms with Gasteiger partial charge in [-0.15, -0.1) is 0 Å². The van der Waals surface area contributed by atoms with Crippen LogP contribution in [0.3, 0.4) is 0 Å². The molecule has 2 aromatic rings. The Labute approximate surface area is 138 Å². The molecule has 0 amide bonds. The minimum absolute atomic E-state index is 0.0397. The van der Waals surface area contributed by atoms with Crippen molar-refractivity contribution in [1.29, 1.82) is 0 Å². The number of hydrogen-bond acceptors (Lipinski definition) is 5. The molecule has 3 rings (SSSR count). The molecule has 0 saturated carbocycles. The number of ether oxygens (including phenoxy) is 2. The molecular formula is C18H15NO5. The lowest BCUT2D eigenvalue weighted by molar-refractivity contribution is -0.384. The van der Waals surface area contributed by atoms with Crippen LogP contribution in [0.15, 0.2) is 42.2 Å². The fraction of sp³-hybridized carbons (Fsp3) is 0.167. The van der Waals surface area contributed by atoms with Crippen LogP contribution in [-0.2, 0) is 0 Å². The Morgan fingerprint density at radius 1 is 1.29 bits per heavy atom. The Kier molecular flexibility index (Phi) is 4.04. The molecule has 0 radical (unpaired) electrons. The Morgan fingerprint density at radius 2 is 2.08 bits per heavy atom. The highest BCUT2D eigenvalue weighted by Gasteiger charge is 2.30. The third kappa shape index (κ3) is 2.86. The molecule has 0 spiro atoms. The number of aryl methyl sites for hydroxylation is 1. The number of nitro benzene ring substituents is 1. The van der Waals surface area contributed by atoms with Crippen molar-refractivity contribution >= 4 is 17.5 Å². The molecule has 2 aromatic carbocycles. The van der Waals surface area contributed by atoms with E-state index in [-0.39, 0.29) is 17.2 Å². The first kappa shape index (κ1) is 15.7. The number of hydrogen-bond donors (Lipinski definition) is 0. The first-order chi connectivity index (χ1) is 11.5. The quantitative estimate of drug-likeness (QED) is 0.483. The number of carbonyl (C=O) groups is 1. The largest absolute Gasteiger partial charge is 0.494 e. The predicted molar refractivity (Wildman–Crippen MR) is 88.4 cm³/mol. The number of benzene rings is 2. The van der Waals surface area contributed by atoms with Crippen molar-refractivity contribution < 1.29 is 19.2 Å². The zero-order chi connectivity index (χ0) is 17.3. The van der Waals surface area contributed by atoms with Gasteiger partial charge in [0, 0.05) is 18.2 Å². The lowest BCUT2D eigenvalue weighted by Crippen LogP contribution is -2.00. The van der Waals surface area contributed by atoms with E-state index in [4.69, 9.17) is 9.47 Å². The van der Waals surface area contributed by atoms with Gasteiger partial charge in [-0.05, 0) is 37.1 Å². The minimum atomic E-state index is -0.480. The summed E-state index contributed by atoms with van der Waals surface area (Å²) in [6.45, 7) is 4.21. The van der Waals surface area contributed by atoms with Crippen molar-refractivity contribution in [2.75, 3.05) is 6.61 Å². The normalized spacial score (nSPS) is 14.4. The van der Waals surface area contributed by atoms with Crippen LogP contribution in [0.4, 0.5) is 5.69 Å². The molecule has 0 fully saturated rings. The van der Waals surface area contributed by atoms with Crippen molar-refractivity contribution in [3.8, 4) is 11.5 Å². The first-order valence-electron chi connectivity index (χ1n) is 7.45. The summed E-state index contributed by atoms with van der Waals surface area (Å²) < 4.78 is 11.1. The van der Waals surface area contributed by atoms with Crippen LogP contribution in [-0.4, -0.2) is 17.3 Å². The molecule has 0 unspecified atom stereocenters. The third-order valence-electron chi connectivity index (χ3n) is 3.63. The molecule has 1 heterocycles. The van der Waals surface area contributed by atoms with Crippen molar-refractivity contribution in [1.82, 2.24) is 0 Å². The number of nitrogens with zero attached hydrogens (tertiary/aromatic N) is 1. The number of fused-ring (bicyclic) bond motifs is 1. The average Bonchev–Trinajstić information content (AvgIpc) is 2.84. The second kappa shape index (κ2) is 6.16. The van der Waals surface area contributed by atoms with Gasteiger partial charge in [-0.2, -0.15) is 0 Å². The van der Waals surface area contributed by atoms with Crippen LogP contribution in [0.1, 0.15) is 28.4 Å². The van der Waals surface area contributed by atoms with E-state index in [1.165, 1.54) is 18.2 Å².